The van der Waals surface area contributed by atoms with Gasteiger partial charge in [-0.1, -0.05) is 11.6 Å². The number of aliphatic hydroxyl groups is 1. The maximum absolute atomic E-state index is 15.1. The number of hydrogen-bond donors (Lipinski definition) is 2. The van der Waals surface area contributed by atoms with Crippen LogP contribution in [0.1, 0.15) is 10.4 Å². The first-order chi connectivity index (χ1) is 16.8. The zero-order valence-corrected chi connectivity index (χ0v) is 19.0. The molecule has 2 aromatic heterocycles. The minimum atomic E-state index is -1.05. The van der Waals surface area contributed by atoms with Gasteiger partial charge >= 0.3 is 0 Å². The number of fused-ring (bicyclic) bond motifs is 1. The third-order valence-electron chi connectivity index (χ3n) is 4.97. The quantitative estimate of drug-likeness (QED) is 0.365. The number of halogens is 3. The molecule has 0 fully saturated rings. The fraction of sp³-hybridized carbons (Fsp3) is 0.125. The summed E-state index contributed by atoms with van der Waals surface area (Å²) >= 11 is 6.02. The van der Waals surface area contributed by atoms with E-state index in [1.807, 2.05) is 0 Å². The van der Waals surface area contributed by atoms with Crippen LogP contribution in [0.2, 0.25) is 5.02 Å². The first-order valence-electron chi connectivity index (χ1n) is 10.2. The third kappa shape index (κ3) is 4.79. The number of primary amides is 1. The standard InChI is InChI=1S/C24H18ClF2N3O5/c1-33-19-11-17-13(10-20(19)34-7-6-31)18(3-5-29-17)35-23-15(26)8-12(9-16(23)27)22-21(24(28)32)14(25)2-4-30-22/h2-5,8-11,31H,6-7H2,1H3,(H2,28,32). The van der Waals surface area contributed by atoms with Crippen molar-refractivity contribution in [3.8, 4) is 34.3 Å². The van der Waals surface area contributed by atoms with Crippen LogP contribution in [0.25, 0.3) is 22.2 Å². The molecule has 8 nitrogen and oxygen atoms in total. The van der Waals surface area contributed by atoms with Crippen molar-refractivity contribution in [2.75, 3.05) is 20.3 Å². The SMILES string of the molecule is COc1cc2nccc(Oc3c(F)cc(-c4nccc(Cl)c4C(N)=O)cc3F)c2cc1OCCO. The van der Waals surface area contributed by atoms with Crippen LogP contribution in [-0.2, 0) is 0 Å². The Balaban J connectivity index is 1.77. The molecule has 1 amide bonds. The summed E-state index contributed by atoms with van der Waals surface area (Å²) in [7, 11) is 1.44. The highest BCUT2D eigenvalue weighted by Gasteiger charge is 2.21. The van der Waals surface area contributed by atoms with Gasteiger partial charge in [-0.2, -0.15) is 0 Å². The van der Waals surface area contributed by atoms with E-state index < -0.39 is 23.3 Å². The van der Waals surface area contributed by atoms with E-state index in [-0.39, 0.29) is 46.6 Å². The lowest BCUT2D eigenvalue weighted by molar-refractivity contribution is 0.100. The van der Waals surface area contributed by atoms with Crippen LogP contribution < -0.4 is 19.9 Å². The summed E-state index contributed by atoms with van der Waals surface area (Å²) in [4.78, 5) is 20.0. The second kappa shape index (κ2) is 10.1. The van der Waals surface area contributed by atoms with Crippen LogP contribution in [0.15, 0.2) is 48.8 Å². The molecule has 4 aromatic rings. The van der Waals surface area contributed by atoms with E-state index in [0.29, 0.717) is 16.7 Å². The van der Waals surface area contributed by atoms with Crippen molar-refractivity contribution >= 4 is 28.4 Å². The Bertz CT molecular complexity index is 1410. The number of ether oxygens (including phenoxy) is 3. The summed E-state index contributed by atoms with van der Waals surface area (Å²) in [5.41, 5.74) is 5.50. The molecule has 0 saturated carbocycles. The Labute approximate surface area is 202 Å². The van der Waals surface area contributed by atoms with Crippen LogP contribution in [0.4, 0.5) is 8.78 Å². The summed E-state index contributed by atoms with van der Waals surface area (Å²) in [6.07, 6.45) is 2.70. The van der Waals surface area contributed by atoms with Crippen LogP contribution in [0.5, 0.6) is 23.0 Å². The number of hydrogen-bond acceptors (Lipinski definition) is 7. The molecule has 0 atom stereocenters. The molecule has 3 N–H and O–H groups in total. The van der Waals surface area contributed by atoms with Gasteiger partial charge in [0.1, 0.15) is 12.4 Å². The number of pyridine rings is 2. The zero-order chi connectivity index (χ0) is 25.1. The predicted molar refractivity (Wildman–Crippen MR) is 124 cm³/mol. The highest BCUT2D eigenvalue weighted by atomic mass is 35.5. The van der Waals surface area contributed by atoms with Crippen molar-refractivity contribution in [3.05, 3.63) is 71.0 Å². The van der Waals surface area contributed by atoms with E-state index >= 15 is 8.78 Å². The van der Waals surface area contributed by atoms with E-state index in [0.717, 1.165) is 12.1 Å². The number of nitrogens with two attached hydrogens (primary N) is 1. The molecular weight excluding hydrogens is 484 g/mol. The van der Waals surface area contributed by atoms with Crippen molar-refractivity contribution < 1.29 is 32.9 Å². The second-order valence-electron chi connectivity index (χ2n) is 7.15. The maximum atomic E-state index is 15.1. The molecule has 11 heteroatoms. The van der Waals surface area contributed by atoms with E-state index in [1.165, 1.54) is 37.7 Å². The number of aromatic nitrogens is 2. The van der Waals surface area contributed by atoms with E-state index in [9.17, 15) is 4.79 Å². The molecule has 180 valence electrons. The molecule has 0 aliphatic carbocycles. The van der Waals surface area contributed by atoms with Crippen LogP contribution in [-0.4, -0.2) is 41.3 Å². The normalized spacial score (nSPS) is 10.9. The number of amides is 1. The lowest BCUT2D eigenvalue weighted by Gasteiger charge is -2.15. The minimum absolute atomic E-state index is 0.00143. The zero-order valence-electron chi connectivity index (χ0n) is 18.2. The van der Waals surface area contributed by atoms with Gasteiger partial charge in [0, 0.05) is 29.4 Å². The average Bonchev–Trinajstić information content (AvgIpc) is 2.83. The first kappa shape index (κ1) is 24.1. The van der Waals surface area contributed by atoms with Gasteiger partial charge in [0.05, 0.1) is 35.5 Å². The summed E-state index contributed by atoms with van der Waals surface area (Å²) in [6, 6.07) is 7.81. The van der Waals surface area contributed by atoms with Gasteiger partial charge in [0.25, 0.3) is 5.91 Å². The van der Waals surface area contributed by atoms with Crippen molar-refractivity contribution in [1.29, 1.82) is 0 Å². The molecule has 0 radical (unpaired) electrons. The van der Waals surface area contributed by atoms with Gasteiger partial charge in [-0.3, -0.25) is 14.8 Å². The Morgan fingerprint density at radius 2 is 1.77 bits per heavy atom. The van der Waals surface area contributed by atoms with Crippen molar-refractivity contribution in [2.24, 2.45) is 5.73 Å². The predicted octanol–water partition coefficient (Wildman–Crippen LogP) is 4.50. The van der Waals surface area contributed by atoms with Crippen molar-refractivity contribution in [2.45, 2.75) is 0 Å². The van der Waals surface area contributed by atoms with Gasteiger partial charge in [0.2, 0.25) is 0 Å². The molecule has 35 heavy (non-hydrogen) atoms. The minimum Gasteiger partial charge on any atom is -0.493 e. The summed E-state index contributed by atoms with van der Waals surface area (Å²) < 4.78 is 46.5. The van der Waals surface area contributed by atoms with Gasteiger partial charge in [-0.25, -0.2) is 8.78 Å². The number of rotatable bonds is 8. The van der Waals surface area contributed by atoms with Crippen LogP contribution >= 0.6 is 11.6 Å². The maximum Gasteiger partial charge on any atom is 0.252 e. The summed E-state index contributed by atoms with van der Waals surface area (Å²) in [6.45, 7) is -0.215. The molecule has 0 aliphatic heterocycles. The Morgan fingerprint density at radius 1 is 1.06 bits per heavy atom. The van der Waals surface area contributed by atoms with E-state index in [1.54, 1.807) is 6.07 Å². The van der Waals surface area contributed by atoms with Crippen LogP contribution in [0.3, 0.4) is 0 Å². The van der Waals surface area contributed by atoms with Crippen LogP contribution in [0, 0.1) is 11.6 Å². The van der Waals surface area contributed by atoms with Gasteiger partial charge in [-0.05, 0) is 30.3 Å². The molecule has 2 heterocycles. The molecule has 0 unspecified atom stereocenters. The number of nitrogens with zero attached hydrogens (tertiary/aromatic N) is 2. The topological polar surface area (TPSA) is 117 Å². The average molecular weight is 502 g/mol. The lowest BCUT2D eigenvalue weighted by Crippen LogP contribution is -2.14. The molecule has 0 saturated heterocycles. The highest BCUT2D eigenvalue weighted by Crippen LogP contribution is 2.39. The summed E-state index contributed by atoms with van der Waals surface area (Å²) in [5, 5.41) is 9.45. The molecule has 4 rings (SSSR count). The second-order valence-corrected chi connectivity index (χ2v) is 7.56. The number of aliphatic hydroxyl groups excluding tert-OH is 1. The molecule has 0 aliphatic rings. The monoisotopic (exact) mass is 501 g/mol. The van der Waals surface area contributed by atoms with Crippen molar-refractivity contribution in [3.63, 3.8) is 0 Å². The molecule has 2 aromatic carbocycles. The molecular formula is C24H18ClF2N3O5. The lowest BCUT2D eigenvalue weighted by atomic mass is 10.0. The smallest absolute Gasteiger partial charge is 0.252 e. The van der Waals surface area contributed by atoms with Crippen molar-refractivity contribution in [1.82, 2.24) is 9.97 Å². The molecule has 0 spiro atoms. The number of carbonyl (C=O) groups excluding carboxylic acids is 1. The highest BCUT2D eigenvalue weighted by molar-refractivity contribution is 6.34. The Hall–Kier alpha value is -4.02. The largest absolute Gasteiger partial charge is 0.493 e. The third-order valence-corrected chi connectivity index (χ3v) is 5.28. The Kier molecular flexibility index (Phi) is 6.94. The fourth-order valence-electron chi connectivity index (χ4n) is 3.44. The number of benzene rings is 2. The molecule has 0 bridgehead atoms. The summed E-state index contributed by atoms with van der Waals surface area (Å²) in [5.74, 6) is -2.93. The van der Waals surface area contributed by atoms with Gasteiger partial charge in [-0.15, -0.1) is 0 Å². The van der Waals surface area contributed by atoms with Gasteiger partial charge in [0.15, 0.2) is 28.9 Å². The fourth-order valence-corrected chi connectivity index (χ4v) is 3.68. The first-order valence-corrected chi connectivity index (χ1v) is 10.5. The number of carbonyl (C=O) groups is 1. The van der Waals surface area contributed by atoms with Gasteiger partial charge < -0.3 is 25.1 Å². The number of methoxy groups -OCH3 is 1. The van der Waals surface area contributed by atoms with E-state index in [4.69, 9.17) is 36.7 Å². The Morgan fingerprint density at radius 3 is 2.43 bits per heavy atom. The van der Waals surface area contributed by atoms with E-state index in [2.05, 4.69) is 9.97 Å².